The van der Waals surface area contributed by atoms with Crippen molar-refractivity contribution in [2.45, 2.75) is 32.1 Å². The molecule has 1 aliphatic rings. The monoisotopic (exact) mass is 246 g/mol. The van der Waals surface area contributed by atoms with E-state index in [2.05, 4.69) is 12.1 Å². The summed E-state index contributed by atoms with van der Waals surface area (Å²) in [6, 6.07) is 8.00. The van der Waals surface area contributed by atoms with Gasteiger partial charge < -0.3 is 9.84 Å². The van der Waals surface area contributed by atoms with Gasteiger partial charge in [0.25, 0.3) is 0 Å². The molecule has 1 aromatic rings. The van der Waals surface area contributed by atoms with Crippen LogP contribution in [0.2, 0.25) is 0 Å². The fourth-order valence-electron chi connectivity index (χ4n) is 2.71. The first-order chi connectivity index (χ1) is 8.83. The lowest BCUT2D eigenvalue weighted by Gasteiger charge is -2.23. The molecule has 0 saturated heterocycles. The molecule has 1 fully saturated rings. The molecule has 1 aromatic carbocycles. The fraction of sp³-hybridized carbons (Fsp3) is 0.500. The zero-order valence-corrected chi connectivity index (χ0v) is 11.1. The van der Waals surface area contributed by atoms with Crippen molar-refractivity contribution < 1.29 is 9.84 Å². The predicted octanol–water partition coefficient (Wildman–Crippen LogP) is 3.65. The Morgan fingerprint density at radius 3 is 2.78 bits per heavy atom. The minimum atomic E-state index is 0.169. The first kappa shape index (κ1) is 13.2. The van der Waals surface area contributed by atoms with E-state index in [1.807, 2.05) is 18.2 Å². The molecule has 0 heterocycles. The van der Waals surface area contributed by atoms with Gasteiger partial charge in [-0.2, -0.15) is 0 Å². The van der Waals surface area contributed by atoms with E-state index in [1.165, 1.54) is 37.7 Å². The molecule has 0 radical (unpaired) electrons. The normalized spacial score (nSPS) is 17.8. The summed E-state index contributed by atoms with van der Waals surface area (Å²) in [5.74, 6) is 1.43. The lowest BCUT2D eigenvalue weighted by atomic mass is 9.83. The second-order valence-corrected chi connectivity index (χ2v) is 4.99. The average molecular weight is 246 g/mol. The highest BCUT2D eigenvalue weighted by atomic mass is 16.5. The average Bonchev–Trinajstić information content (AvgIpc) is 2.46. The molecule has 98 valence electrons. The molecule has 0 unspecified atom stereocenters. The maximum Gasteiger partial charge on any atom is 0.119 e. The van der Waals surface area contributed by atoms with Gasteiger partial charge in [-0.3, -0.25) is 0 Å². The molecular formula is C16H22O2. The Labute approximate surface area is 109 Å². The van der Waals surface area contributed by atoms with Gasteiger partial charge in [0.05, 0.1) is 13.7 Å². The van der Waals surface area contributed by atoms with E-state index in [0.717, 1.165) is 11.3 Å². The van der Waals surface area contributed by atoms with Gasteiger partial charge in [0.15, 0.2) is 0 Å². The van der Waals surface area contributed by atoms with Gasteiger partial charge in [-0.1, -0.05) is 37.5 Å². The van der Waals surface area contributed by atoms with Crippen LogP contribution in [0.15, 0.2) is 29.8 Å². The maximum atomic E-state index is 9.57. The van der Waals surface area contributed by atoms with E-state index < -0.39 is 0 Å². The molecule has 18 heavy (non-hydrogen) atoms. The summed E-state index contributed by atoms with van der Waals surface area (Å²) >= 11 is 0. The van der Waals surface area contributed by atoms with E-state index >= 15 is 0 Å². The van der Waals surface area contributed by atoms with Crippen molar-refractivity contribution in [1.29, 1.82) is 0 Å². The first-order valence-corrected chi connectivity index (χ1v) is 6.79. The van der Waals surface area contributed by atoms with Gasteiger partial charge in [-0.15, -0.1) is 0 Å². The summed E-state index contributed by atoms with van der Waals surface area (Å²) in [5.41, 5.74) is 2.28. The second kappa shape index (κ2) is 6.60. The van der Waals surface area contributed by atoms with Crippen LogP contribution in [0.4, 0.5) is 0 Å². The quantitative estimate of drug-likeness (QED) is 0.878. The standard InChI is InChI=1S/C16H22O2/c1-18-16-9-5-6-13(11-16)10-15(12-17)14-7-3-2-4-8-14/h5-6,9-11,14,17H,2-4,7-8,12H2,1H3. The Morgan fingerprint density at radius 2 is 2.11 bits per heavy atom. The van der Waals surface area contributed by atoms with Crippen LogP contribution in [0, 0.1) is 5.92 Å². The lowest BCUT2D eigenvalue weighted by molar-refractivity contribution is 0.295. The number of rotatable bonds is 4. The summed E-state index contributed by atoms with van der Waals surface area (Å²) < 4.78 is 5.22. The van der Waals surface area contributed by atoms with Crippen LogP contribution in [0.25, 0.3) is 6.08 Å². The molecule has 1 saturated carbocycles. The summed E-state index contributed by atoms with van der Waals surface area (Å²) in [4.78, 5) is 0. The Morgan fingerprint density at radius 1 is 1.33 bits per heavy atom. The van der Waals surface area contributed by atoms with Crippen LogP contribution < -0.4 is 4.74 Å². The highest BCUT2D eigenvalue weighted by Crippen LogP contribution is 2.30. The number of aliphatic hydroxyl groups is 1. The number of hydrogen-bond donors (Lipinski definition) is 1. The molecule has 2 rings (SSSR count). The van der Waals surface area contributed by atoms with Gasteiger partial charge in [-0.25, -0.2) is 0 Å². The topological polar surface area (TPSA) is 29.5 Å². The van der Waals surface area contributed by atoms with Gasteiger partial charge in [0.1, 0.15) is 5.75 Å². The third kappa shape index (κ3) is 3.36. The number of methoxy groups -OCH3 is 1. The molecule has 0 bridgehead atoms. The van der Waals surface area contributed by atoms with Gasteiger partial charge in [0, 0.05) is 0 Å². The van der Waals surface area contributed by atoms with E-state index in [1.54, 1.807) is 7.11 Å². The lowest BCUT2D eigenvalue weighted by Crippen LogP contribution is -2.11. The Balaban J connectivity index is 2.16. The molecule has 2 heteroatoms. The van der Waals surface area contributed by atoms with Crippen molar-refractivity contribution in [3.8, 4) is 5.75 Å². The molecule has 0 atom stereocenters. The third-order valence-corrected chi connectivity index (χ3v) is 3.76. The summed E-state index contributed by atoms with van der Waals surface area (Å²) in [6.07, 6.45) is 8.49. The Hall–Kier alpha value is -1.28. The zero-order chi connectivity index (χ0) is 12.8. The van der Waals surface area contributed by atoms with Crippen molar-refractivity contribution in [1.82, 2.24) is 0 Å². The van der Waals surface area contributed by atoms with Crippen LogP contribution in [0.5, 0.6) is 5.75 Å². The minimum Gasteiger partial charge on any atom is -0.497 e. The largest absolute Gasteiger partial charge is 0.497 e. The summed E-state index contributed by atoms with van der Waals surface area (Å²) in [5, 5.41) is 9.57. The Bertz CT molecular complexity index is 403. The van der Waals surface area contributed by atoms with E-state index in [-0.39, 0.29) is 6.61 Å². The molecule has 0 amide bonds. The van der Waals surface area contributed by atoms with Gasteiger partial charge in [0.2, 0.25) is 0 Å². The fourth-order valence-corrected chi connectivity index (χ4v) is 2.71. The molecule has 1 N–H and O–H groups in total. The van der Waals surface area contributed by atoms with Crippen LogP contribution in [0.1, 0.15) is 37.7 Å². The van der Waals surface area contributed by atoms with E-state index in [9.17, 15) is 5.11 Å². The van der Waals surface area contributed by atoms with Crippen molar-refractivity contribution in [3.05, 3.63) is 35.4 Å². The van der Waals surface area contributed by atoms with Crippen LogP contribution in [-0.4, -0.2) is 18.8 Å². The smallest absolute Gasteiger partial charge is 0.119 e. The van der Waals surface area contributed by atoms with E-state index in [0.29, 0.717) is 5.92 Å². The van der Waals surface area contributed by atoms with Crippen molar-refractivity contribution in [3.63, 3.8) is 0 Å². The second-order valence-electron chi connectivity index (χ2n) is 4.99. The number of ether oxygens (including phenoxy) is 1. The minimum absolute atomic E-state index is 0.169. The summed E-state index contributed by atoms with van der Waals surface area (Å²) in [6.45, 7) is 0.169. The van der Waals surface area contributed by atoms with Gasteiger partial charge >= 0.3 is 0 Å². The van der Waals surface area contributed by atoms with Crippen molar-refractivity contribution in [2.24, 2.45) is 5.92 Å². The highest BCUT2D eigenvalue weighted by molar-refractivity contribution is 5.55. The maximum absolute atomic E-state index is 9.57. The zero-order valence-electron chi connectivity index (χ0n) is 11.1. The van der Waals surface area contributed by atoms with Crippen LogP contribution >= 0.6 is 0 Å². The summed E-state index contributed by atoms with van der Waals surface area (Å²) in [7, 11) is 1.68. The molecule has 2 nitrogen and oxygen atoms in total. The van der Waals surface area contributed by atoms with Gasteiger partial charge in [-0.05, 0) is 42.0 Å². The van der Waals surface area contributed by atoms with Crippen molar-refractivity contribution in [2.75, 3.05) is 13.7 Å². The van der Waals surface area contributed by atoms with Crippen molar-refractivity contribution >= 4 is 6.08 Å². The number of hydrogen-bond acceptors (Lipinski definition) is 2. The molecule has 0 aliphatic heterocycles. The SMILES string of the molecule is COc1cccc(C=C(CO)C2CCCCC2)c1. The molecular weight excluding hydrogens is 224 g/mol. The Kier molecular flexibility index (Phi) is 4.82. The first-order valence-electron chi connectivity index (χ1n) is 6.79. The molecule has 0 aromatic heterocycles. The van der Waals surface area contributed by atoms with Crippen LogP contribution in [0.3, 0.4) is 0 Å². The molecule has 1 aliphatic carbocycles. The predicted molar refractivity (Wildman–Crippen MR) is 74.6 cm³/mol. The number of benzene rings is 1. The third-order valence-electron chi connectivity index (χ3n) is 3.76. The van der Waals surface area contributed by atoms with Crippen LogP contribution in [-0.2, 0) is 0 Å². The van der Waals surface area contributed by atoms with E-state index in [4.69, 9.17) is 4.74 Å². The molecule has 0 spiro atoms. The highest BCUT2D eigenvalue weighted by Gasteiger charge is 2.17. The number of aliphatic hydroxyl groups excluding tert-OH is 1.